The average Bonchev–Trinajstić information content (AvgIpc) is 3.27. The molecule has 0 spiro atoms. The lowest BCUT2D eigenvalue weighted by Crippen LogP contribution is -2.50. The lowest BCUT2D eigenvalue weighted by Gasteiger charge is -2.40. The summed E-state index contributed by atoms with van der Waals surface area (Å²) in [6.07, 6.45) is 3.77. The lowest BCUT2D eigenvalue weighted by atomic mass is 9.84. The van der Waals surface area contributed by atoms with Crippen molar-refractivity contribution >= 4 is 11.8 Å². The van der Waals surface area contributed by atoms with Crippen molar-refractivity contribution in [3.8, 4) is 0 Å². The zero-order chi connectivity index (χ0) is 20.8. The van der Waals surface area contributed by atoms with Crippen LogP contribution < -0.4 is 0 Å². The number of benzene rings is 1. The molecule has 0 bridgehead atoms. The number of rotatable bonds is 7. The summed E-state index contributed by atoms with van der Waals surface area (Å²) < 4.78 is 23.8. The van der Waals surface area contributed by atoms with Crippen molar-refractivity contribution < 1.29 is 23.5 Å². The minimum absolute atomic E-state index is 0.0249. The Morgan fingerprint density at radius 2 is 1.93 bits per heavy atom. The first kappa shape index (κ1) is 21.7. The molecule has 160 valence electrons. The molecule has 2 fully saturated rings. The standard InChI is InChI=1S/C22H31FN2O4/c1-24(21(26)15-28-2)19(14-16-5-7-18(23)8-6-16)17-9-11-25(12-10-17)22(27)20-4-3-13-29-20/h5-8,17,19-20H,3-4,9-15H2,1-2H3. The third-order valence-electron chi connectivity index (χ3n) is 6.12. The number of piperidine rings is 1. The van der Waals surface area contributed by atoms with E-state index in [-0.39, 0.29) is 42.3 Å². The number of hydrogen-bond acceptors (Lipinski definition) is 4. The molecule has 2 aliphatic rings. The van der Waals surface area contributed by atoms with E-state index in [9.17, 15) is 14.0 Å². The summed E-state index contributed by atoms with van der Waals surface area (Å²) in [5.41, 5.74) is 0.992. The summed E-state index contributed by atoms with van der Waals surface area (Å²) in [6, 6.07) is 6.42. The topological polar surface area (TPSA) is 59.1 Å². The van der Waals surface area contributed by atoms with Crippen LogP contribution >= 0.6 is 0 Å². The van der Waals surface area contributed by atoms with Gasteiger partial charge in [0.1, 0.15) is 18.5 Å². The van der Waals surface area contributed by atoms with E-state index in [1.807, 2.05) is 4.90 Å². The quantitative estimate of drug-likeness (QED) is 0.697. The van der Waals surface area contributed by atoms with E-state index < -0.39 is 0 Å². The van der Waals surface area contributed by atoms with Crippen LogP contribution in [0.5, 0.6) is 0 Å². The molecule has 2 heterocycles. The van der Waals surface area contributed by atoms with Gasteiger partial charge < -0.3 is 19.3 Å². The van der Waals surface area contributed by atoms with Gasteiger partial charge in [0, 0.05) is 39.9 Å². The van der Waals surface area contributed by atoms with Crippen LogP contribution in [0.2, 0.25) is 0 Å². The Morgan fingerprint density at radius 3 is 2.52 bits per heavy atom. The molecule has 0 aromatic heterocycles. The molecule has 1 aromatic rings. The first-order valence-electron chi connectivity index (χ1n) is 10.4. The Balaban J connectivity index is 1.66. The first-order valence-corrected chi connectivity index (χ1v) is 10.4. The molecular weight excluding hydrogens is 375 g/mol. The third kappa shape index (κ3) is 5.54. The normalized spacial score (nSPS) is 21.2. The second-order valence-electron chi connectivity index (χ2n) is 8.00. The minimum atomic E-state index is -0.285. The van der Waals surface area contributed by atoms with Gasteiger partial charge in [-0.2, -0.15) is 0 Å². The third-order valence-corrected chi connectivity index (χ3v) is 6.12. The number of likely N-dealkylation sites (N-methyl/N-ethyl adjacent to an activating group) is 1. The Kier molecular flexibility index (Phi) is 7.61. The maximum Gasteiger partial charge on any atom is 0.251 e. The summed E-state index contributed by atoms with van der Waals surface area (Å²) in [4.78, 5) is 28.7. The van der Waals surface area contributed by atoms with Crippen molar-refractivity contribution in [1.29, 1.82) is 0 Å². The molecule has 7 heteroatoms. The molecule has 2 saturated heterocycles. The Hall–Kier alpha value is -1.99. The maximum atomic E-state index is 13.3. The summed E-state index contributed by atoms with van der Waals surface area (Å²) in [5.74, 6) is 0.0202. The zero-order valence-electron chi connectivity index (χ0n) is 17.3. The van der Waals surface area contributed by atoms with E-state index in [0.717, 1.165) is 31.2 Å². The van der Waals surface area contributed by atoms with Crippen molar-refractivity contribution in [2.45, 2.75) is 44.2 Å². The highest BCUT2D eigenvalue weighted by Gasteiger charge is 2.35. The van der Waals surface area contributed by atoms with E-state index in [0.29, 0.717) is 26.1 Å². The van der Waals surface area contributed by atoms with Crippen LogP contribution in [0.25, 0.3) is 0 Å². The number of methoxy groups -OCH3 is 1. The van der Waals surface area contributed by atoms with Gasteiger partial charge in [-0.15, -0.1) is 0 Å². The van der Waals surface area contributed by atoms with Gasteiger partial charge in [0.25, 0.3) is 5.91 Å². The zero-order valence-corrected chi connectivity index (χ0v) is 17.3. The van der Waals surface area contributed by atoms with E-state index in [1.54, 1.807) is 24.1 Å². The number of amides is 2. The van der Waals surface area contributed by atoms with E-state index in [2.05, 4.69) is 0 Å². The van der Waals surface area contributed by atoms with Crippen LogP contribution in [0.3, 0.4) is 0 Å². The Bertz CT molecular complexity index is 683. The van der Waals surface area contributed by atoms with E-state index in [1.165, 1.54) is 19.2 Å². The van der Waals surface area contributed by atoms with Crippen LogP contribution in [-0.4, -0.2) is 74.2 Å². The van der Waals surface area contributed by atoms with Gasteiger partial charge >= 0.3 is 0 Å². The minimum Gasteiger partial charge on any atom is -0.375 e. The molecule has 0 saturated carbocycles. The predicted molar refractivity (Wildman–Crippen MR) is 107 cm³/mol. The van der Waals surface area contributed by atoms with Gasteiger partial charge in [-0.25, -0.2) is 4.39 Å². The highest BCUT2D eigenvalue weighted by atomic mass is 19.1. The van der Waals surface area contributed by atoms with Crippen molar-refractivity contribution in [3.63, 3.8) is 0 Å². The fourth-order valence-electron chi connectivity index (χ4n) is 4.37. The summed E-state index contributed by atoms with van der Waals surface area (Å²) in [5, 5.41) is 0. The molecule has 2 unspecified atom stereocenters. The number of carbonyl (C=O) groups excluding carboxylic acids is 2. The van der Waals surface area contributed by atoms with Crippen molar-refractivity contribution in [3.05, 3.63) is 35.6 Å². The molecule has 1 aromatic carbocycles. The highest BCUT2D eigenvalue weighted by Crippen LogP contribution is 2.28. The van der Waals surface area contributed by atoms with Crippen LogP contribution in [0.15, 0.2) is 24.3 Å². The number of likely N-dealkylation sites (tertiary alicyclic amines) is 1. The monoisotopic (exact) mass is 406 g/mol. The lowest BCUT2D eigenvalue weighted by molar-refractivity contribution is -0.144. The molecule has 29 heavy (non-hydrogen) atoms. The second kappa shape index (κ2) is 10.2. The maximum absolute atomic E-state index is 13.3. The fourth-order valence-corrected chi connectivity index (χ4v) is 4.37. The fraction of sp³-hybridized carbons (Fsp3) is 0.636. The van der Waals surface area contributed by atoms with E-state index in [4.69, 9.17) is 9.47 Å². The van der Waals surface area contributed by atoms with Crippen LogP contribution in [-0.2, 0) is 25.5 Å². The molecule has 6 nitrogen and oxygen atoms in total. The molecule has 2 aliphatic heterocycles. The number of nitrogens with zero attached hydrogens (tertiary/aromatic N) is 2. The average molecular weight is 406 g/mol. The Morgan fingerprint density at radius 1 is 1.24 bits per heavy atom. The van der Waals surface area contributed by atoms with Gasteiger partial charge in [0.05, 0.1) is 0 Å². The SMILES string of the molecule is COCC(=O)N(C)C(Cc1ccc(F)cc1)C1CCN(C(=O)C2CCCO2)CC1. The molecule has 0 aliphatic carbocycles. The molecular formula is C22H31FN2O4. The molecule has 3 rings (SSSR count). The summed E-state index contributed by atoms with van der Waals surface area (Å²) in [7, 11) is 3.31. The largest absolute Gasteiger partial charge is 0.375 e. The van der Waals surface area contributed by atoms with Gasteiger partial charge in [-0.1, -0.05) is 12.1 Å². The number of carbonyl (C=O) groups is 2. The van der Waals surface area contributed by atoms with Crippen LogP contribution in [0, 0.1) is 11.7 Å². The van der Waals surface area contributed by atoms with Crippen LogP contribution in [0.4, 0.5) is 4.39 Å². The van der Waals surface area contributed by atoms with Gasteiger partial charge in [0.2, 0.25) is 5.91 Å². The molecule has 0 radical (unpaired) electrons. The highest BCUT2D eigenvalue weighted by molar-refractivity contribution is 5.81. The summed E-state index contributed by atoms with van der Waals surface area (Å²) in [6.45, 7) is 2.05. The van der Waals surface area contributed by atoms with Gasteiger partial charge in [0.15, 0.2) is 0 Å². The van der Waals surface area contributed by atoms with Crippen molar-refractivity contribution in [2.24, 2.45) is 5.92 Å². The summed E-state index contributed by atoms with van der Waals surface area (Å²) >= 11 is 0. The van der Waals surface area contributed by atoms with E-state index >= 15 is 0 Å². The Labute approximate surface area is 171 Å². The number of ether oxygens (including phenoxy) is 2. The van der Waals surface area contributed by atoms with Crippen LogP contribution in [0.1, 0.15) is 31.2 Å². The second-order valence-corrected chi connectivity index (χ2v) is 8.00. The van der Waals surface area contributed by atoms with Gasteiger partial charge in [-0.3, -0.25) is 9.59 Å². The first-order chi connectivity index (χ1) is 14.0. The molecule has 2 atom stereocenters. The number of hydrogen-bond donors (Lipinski definition) is 0. The van der Waals surface area contributed by atoms with Crippen molar-refractivity contribution in [2.75, 3.05) is 40.5 Å². The molecule has 0 N–H and O–H groups in total. The molecule has 2 amide bonds. The van der Waals surface area contributed by atoms with Crippen molar-refractivity contribution in [1.82, 2.24) is 9.80 Å². The predicted octanol–water partition coefficient (Wildman–Crippen LogP) is 2.26. The number of halogens is 1. The smallest absolute Gasteiger partial charge is 0.251 e. The van der Waals surface area contributed by atoms with Gasteiger partial charge in [-0.05, 0) is 55.7 Å².